The van der Waals surface area contributed by atoms with E-state index in [2.05, 4.69) is 9.46 Å². The molecule has 0 spiro atoms. The van der Waals surface area contributed by atoms with Crippen molar-refractivity contribution in [1.82, 2.24) is 4.72 Å². The third-order valence-corrected chi connectivity index (χ3v) is 4.20. The van der Waals surface area contributed by atoms with Crippen LogP contribution in [0.2, 0.25) is 0 Å². The smallest absolute Gasteiger partial charge is 0.341 e. The van der Waals surface area contributed by atoms with Crippen molar-refractivity contribution in [3.05, 3.63) is 17.9 Å². The molecule has 0 saturated heterocycles. The molecule has 0 unspecified atom stereocenters. The van der Waals surface area contributed by atoms with Gasteiger partial charge >= 0.3 is 11.9 Å². The van der Waals surface area contributed by atoms with E-state index in [1.54, 1.807) is 13.8 Å². The number of hydrogen-bond donors (Lipinski definition) is 2. The second-order valence-electron chi connectivity index (χ2n) is 5.03. The lowest BCUT2D eigenvalue weighted by atomic mass is 10.0. The third-order valence-electron chi connectivity index (χ3n) is 2.64. The molecule has 2 N–H and O–H groups in total. The molecular weight excluding hydrogens is 302 g/mol. The minimum atomic E-state index is -4.00. The van der Waals surface area contributed by atoms with E-state index < -0.39 is 32.6 Å². The lowest BCUT2D eigenvalue weighted by Gasteiger charge is -2.24. The molecule has 9 heteroatoms. The Kier molecular flexibility index (Phi) is 5.13. The van der Waals surface area contributed by atoms with Crippen LogP contribution in [0.15, 0.2) is 21.8 Å². The summed E-state index contributed by atoms with van der Waals surface area (Å²) in [5, 5.41) is 8.20. The van der Waals surface area contributed by atoms with Crippen LogP contribution in [0.4, 0.5) is 0 Å². The van der Waals surface area contributed by atoms with Gasteiger partial charge in [-0.15, -0.1) is 0 Å². The number of esters is 1. The number of methoxy groups -OCH3 is 1. The van der Waals surface area contributed by atoms with Gasteiger partial charge < -0.3 is 14.3 Å². The zero-order chi connectivity index (χ0) is 16.3. The SMILES string of the molecule is COC(=O)c1coc(S(=O)(=O)NC(C)(C)CCC(=O)O)c1. The predicted octanol–water partition coefficient (Wildman–Crippen LogP) is 0.988. The van der Waals surface area contributed by atoms with Gasteiger partial charge in [-0.3, -0.25) is 4.79 Å². The minimum absolute atomic E-state index is 0.0267. The maximum absolute atomic E-state index is 12.1. The third kappa shape index (κ3) is 4.87. The van der Waals surface area contributed by atoms with E-state index in [-0.39, 0.29) is 18.4 Å². The molecule has 0 radical (unpaired) electrons. The molecule has 0 atom stereocenters. The fourth-order valence-electron chi connectivity index (χ4n) is 1.57. The van der Waals surface area contributed by atoms with Crippen LogP contribution in [-0.2, 0) is 19.6 Å². The zero-order valence-corrected chi connectivity index (χ0v) is 12.7. The highest BCUT2D eigenvalue weighted by atomic mass is 32.2. The monoisotopic (exact) mass is 319 g/mol. The van der Waals surface area contributed by atoms with Crippen molar-refractivity contribution in [2.24, 2.45) is 0 Å². The van der Waals surface area contributed by atoms with Crippen molar-refractivity contribution in [3.8, 4) is 0 Å². The first-order valence-corrected chi connectivity index (χ1v) is 7.48. The number of carbonyl (C=O) groups is 2. The van der Waals surface area contributed by atoms with Crippen molar-refractivity contribution in [2.75, 3.05) is 7.11 Å². The quantitative estimate of drug-likeness (QED) is 0.718. The summed E-state index contributed by atoms with van der Waals surface area (Å²) in [5.41, 5.74) is -1.00. The van der Waals surface area contributed by atoms with E-state index in [0.29, 0.717) is 0 Å². The number of carbonyl (C=O) groups excluding carboxylic acids is 1. The summed E-state index contributed by atoms with van der Waals surface area (Å²) < 4.78 is 35.9. The van der Waals surface area contributed by atoms with Crippen LogP contribution in [0, 0.1) is 0 Å². The maximum Gasteiger partial charge on any atom is 0.341 e. The summed E-state index contributed by atoms with van der Waals surface area (Å²) in [6, 6.07) is 1.04. The molecule has 1 rings (SSSR count). The fraction of sp³-hybridized carbons (Fsp3) is 0.500. The van der Waals surface area contributed by atoms with Crippen LogP contribution in [0.25, 0.3) is 0 Å². The summed E-state index contributed by atoms with van der Waals surface area (Å²) in [7, 11) is -2.84. The summed E-state index contributed by atoms with van der Waals surface area (Å²) >= 11 is 0. The highest BCUT2D eigenvalue weighted by Gasteiger charge is 2.29. The Morgan fingerprint density at radius 2 is 2.05 bits per heavy atom. The molecule has 1 aromatic rings. The number of carboxylic acids is 1. The molecular formula is C12H17NO7S. The Labute approximate surface area is 122 Å². The number of aliphatic carboxylic acids is 1. The second-order valence-corrected chi connectivity index (χ2v) is 6.64. The van der Waals surface area contributed by atoms with E-state index >= 15 is 0 Å². The maximum atomic E-state index is 12.1. The molecule has 0 fully saturated rings. The standard InChI is InChI=1S/C12H17NO7S/c1-12(2,5-4-9(14)15)13-21(17,18)10-6-8(7-20-10)11(16)19-3/h6-7,13H,4-5H2,1-3H3,(H,14,15). The van der Waals surface area contributed by atoms with E-state index in [9.17, 15) is 18.0 Å². The van der Waals surface area contributed by atoms with Gasteiger partial charge in [-0.05, 0) is 20.3 Å². The van der Waals surface area contributed by atoms with Crippen molar-refractivity contribution in [3.63, 3.8) is 0 Å². The molecule has 1 aromatic heterocycles. The van der Waals surface area contributed by atoms with Crippen molar-refractivity contribution in [2.45, 2.75) is 37.3 Å². The molecule has 0 aliphatic rings. The van der Waals surface area contributed by atoms with Crippen LogP contribution >= 0.6 is 0 Å². The van der Waals surface area contributed by atoms with Crippen LogP contribution in [0.5, 0.6) is 0 Å². The largest absolute Gasteiger partial charge is 0.481 e. The normalized spacial score (nSPS) is 12.1. The topological polar surface area (TPSA) is 123 Å². The summed E-state index contributed by atoms with van der Waals surface area (Å²) in [4.78, 5) is 21.8. The predicted molar refractivity (Wildman–Crippen MR) is 71.3 cm³/mol. The summed E-state index contributed by atoms with van der Waals surface area (Å²) in [5.74, 6) is -1.74. The van der Waals surface area contributed by atoms with Crippen LogP contribution in [0.3, 0.4) is 0 Å². The lowest BCUT2D eigenvalue weighted by molar-refractivity contribution is -0.137. The Balaban J connectivity index is 2.88. The number of hydrogen-bond acceptors (Lipinski definition) is 6. The molecule has 0 bridgehead atoms. The molecule has 1 heterocycles. The van der Waals surface area contributed by atoms with Gasteiger partial charge in [0, 0.05) is 18.0 Å². The van der Waals surface area contributed by atoms with Gasteiger partial charge in [0.1, 0.15) is 6.26 Å². The van der Waals surface area contributed by atoms with Gasteiger partial charge in [-0.1, -0.05) is 0 Å². The van der Waals surface area contributed by atoms with Gasteiger partial charge in [0.25, 0.3) is 10.0 Å². The molecule has 0 amide bonds. The van der Waals surface area contributed by atoms with Crippen LogP contribution in [-0.4, -0.2) is 38.1 Å². The number of nitrogens with one attached hydrogen (secondary N) is 1. The molecule has 8 nitrogen and oxygen atoms in total. The van der Waals surface area contributed by atoms with Gasteiger partial charge in [-0.2, -0.15) is 0 Å². The van der Waals surface area contributed by atoms with E-state index in [0.717, 1.165) is 19.4 Å². The Bertz CT molecular complexity index is 630. The number of ether oxygens (including phenoxy) is 1. The summed E-state index contributed by atoms with van der Waals surface area (Å²) in [6.07, 6.45) is 0.901. The average Bonchev–Trinajstić information content (AvgIpc) is 2.85. The lowest BCUT2D eigenvalue weighted by Crippen LogP contribution is -2.43. The van der Waals surface area contributed by atoms with Gasteiger partial charge in [0.15, 0.2) is 0 Å². The van der Waals surface area contributed by atoms with E-state index in [1.807, 2.05) is 0 Å². The number of furan rings is 1. The van der Waals surface area contributed by atoms with Gasteiger partial charge in [-0.25, -0.2) is 17.9 Å². The zero-order valence-electron chi connectivity index (χ0n) is 11.9. The first-order valence-electron chi connectivity index (χ1n) is 6.00. The molecule has 0 saturated carbocycles. The Morgan fingerprint density at radius 3 is 2.57 bits per heavy atom. The van der Waals surface area contributed by atoms with Crippen molar-refractivity contribution in [1.29, 1.82) is 0 Å². The molecule has 118 valence electrons. The first-order chi connectivity index (χ1) is 9.57. The first kappa shape index (κ1) is 17.2. The second kappa shape index (κ2) is 6.27. The van der Waals surface area contributed by atoms with Crippen molar-refractivity contribution < 1.29 is 32.3 Å². The highest BCUT2D eigenvalue weighted by Crippen LogP contribution is 2.19. The minimum Gasteiger partial charge on any atom is -0.481 e. The van der Waals surface area contributed by atoms with Crippen LogP contribution < -0.4 is 4.72 Å². The fourth-order valence-corrected chi connectivity index (χ4v) is 2.95. The average molecular weight is 319 g/mol. The Morgan fingerprint density at radius 1 is 1.43 bits per heavy atom. The van der Waals surface area contributed by atoms with Crippen LogP contribution in [0.1, 0.15) is 37.0 Å². The molecule has 0 aliphatic carbocycles. The van der Waals surface area contributed by atoms with Gasteiger partial charge in [0.05, 0.1) is 12.7 Å². The number of sulfonamides is 1. The molecule has 0 aromatic carbocycles. The summed E-state index contributed by atoms with van der Waals surface area (Å²) in [6.45, 7) is 3.11. The molecule has 0 aliphatic heterocycles. The highest BCUT2D eigenvalue weighted by molar-refractivity contribution is 7.89. The van der Waals surface area contributed by atoms with Gasteiger partial charge in [0.2, 0.25) is 5.09 Å². The number of carboxylic acid groups (broad SMARTS) is 1. The molecule has 21 heavy (non-hydrogen) atoms. The Hall–Kier alpha value is -1.87. The van der Waals surface area contributed by atoms with Crippen molar-refractivity contribution >= 4 is 22.0 Å². The number of rotatable bonds is 7. The van der Waals surface area contributed by atoms with E-state index in [1.165, 1.54) is 0 Å². The van der Waals surface area contributed by atoms with E-state index in [4.69, 9.17) is 9.52 Å².